The third kappa shape index (κ3) is 4.89. The van der Waals surface area contributed by atoms with Gasteiger partial charge in [-0.05, 0) is 38.8 Å². The molecule has 0 unspecified atom stereocenters. The average molecular weight is 414 g/mol. The molecule has 3 aromatic heterocycles. The number of hydrogen-bond acceptors (Lipinski definition) is 9. The largest absolute Gasteiger partial charge is 0.467 e. The van der Waals surface area contributed by atoms with Crippen molar-refractivity contribution in [2.75, 3.05) is 28.6 Å². The highest BCUT2D eigenvalue weighted by Gasteiger charge is 2.27. The Hall–Kier alpha value is -3.01. The van der Waals surface area contributed by atoms with Crippen LogP contribution in [0.25, 0.3) is 0 Å². The molecule has 0 radical (unpaired) electrons. The van der Waals surface area contributed by atoms with Gasteiger partial charge in [-0.25, -0.2) is 4.98 Å². The number of nitrogens with zero attached hydrogens (tertiary/aromatic N) is 5. The zero-order valence-corrected chi connectivity index (χ0v) is 17.2. The number of anilines is 3. The quantitative estimate of drug-likeness (QED) is 0.635. The van der Waals surface area contributed by atoms with E-state index in [1.807, 2.05) is 32.0 Å². The van der Waals surface area contributed by atoms with Gasteiger partial charge in [0.15, 0.2) is 0 Å². The number of carbonyl (C=O) groups excluding carboxylic acids is 1. The fourth-order valence-corrected chi connectivity index (χ4v) is 3.87. The standard InChI is InChI=1S/C19H23N7O2S/c1-12-10-16(20-11-15-4-3-9-28-15)22-18(21-12)26-7-5-14(6-8-26)17(27)23-19-25-24-13(2)29-19/h3-4,9-10,14H,5-8,11H2,1-2H3,(H,20,21,22)(H,23,25,27). The lowest BCUT2D eigenvalue weighted by Gasteiger charge is -2.31. The van der Waals surface area contributed by atoms with E-state index in [-0.39, 0.29) is 11.8 Å². The van der Waals surface area contributed by atoms with Crippen LogP contribution < -0.4 is 15.5 Å². The summed E-state index contributed by atoms with van der Waals surface area (Å²) in [6.45, 7) is 5.84. The maximum Gasteiger partial charge on any atom is 0.229 e. The van der Waals surface area contributed by atoms with E-state index in [9.17, 15) is 4.79 Å². The summed E-state index contributed by atoms with van der Waals surface area (Å²) in [7, 11) is 0. The number of furan rings is 1. The summed E-state index contributed by atoms with van der Waals surface area (Å²) in [5.41, 5.74) is 0.892. The van der Waals surface area contributed by atoms with Crippen molar-refractivity contribution >= 4 is 34.1 Å². The monoisotopic (exact) mass is 413 g/mol. The molecule has 1 fully saturated rings. The zero-order chi connectivity index (χ0) is 20.2. The van der Waals surface area contributed by atoms with Crippen molar-refractivity contribution in [3.05, 3.63) is 40.9 Å². The number of amides is 1. The summed E-state index contributed by atoms with van der Waals surface area (Å²) in [5.74, 6) is 2.25. The molecule has 1 amide bonds. The van der Waals surface area contributed by atoms with E-state index in [1.54, 1.807) is 6.26 Å². The van der Waals surface area contributed by atoms with Crippen LogP contribution in [0.4, 0.5) is 16.9 Å². The van der Waals surface area contributed by atoms with Crippen LogP contribution in [0.2, 0.25) is 0 Å². The molecule has 152 valence electrons. The van der Waals surface area contributed by atoms with Crippen LogP contribution >= 0.6 is 11.3 Å². The molecule has 0 atom stereocenters. The molecule has 1 saturated heterocycles. The molecule has 1 aliphatic rings. The van der Waals surface area contributed by atoms with Crippen LogP contribution in [0.3, 0.4) is 0 Å². The van der Waals surface area contributed by atoms with E-state index in [0.29, 0.717) is 17.6 Å². The van der Waals surface area contributed by atoms with Crippen LogP contribution in [0.15, 0.2) is 28.9 Å². The second kappa shape index (κ2) is 8.56. The van der Waals surface area contributed by atoms with Gasteiger partial charge < -0.3 is 20.0 Å². The molecule has 2 N–H and O–H groups in total. The Morgan fingerprint density at radius 3 is 2.79 bits per heavy atom. The van der Waals surface area contributed by atoms with Crippen molar-refractivity contribution in [1.82, 2.24) is 20.2 Å². The number of nitrogens with one attached hydrogen (secondary N) is 2. The lowest BCUT2D eigenvalue weighted by Crippen LogP contribution is -2.39. The van der Waals surface area contributed by atoms with E-state index in [4.69, 9.17) is 4.42 Å². The van der Waals surface area contributed by atoms with Gasteiger partial charge in [-0.3, -0.25) is 4.79 Å². The summed E-state index contributed by atoms with van der Waals surface area (Å²) in [6.07, 6.45) is 3.15. The van der Waals surface area contributed by atoms with Gasteiger partial charge >= 0.3 is 0 Å². The Kier molecular flexibility index (Phi) is 5.70. The molecule has 9 nitrogen and oxygen atoms in total. The Morgan fingerprint density at radius 1 is 1.28 bits per heavy atom. The highest BCUT2D eigenvalue weighted by atomic mass is 32.1. The Morgan fingerprint density at radius 2 is 2.10 bits per heavy atom. The first kappa shape index (κ1) is 19.3. The van der Waals surface area contributed by atoms with Crippen molar-refractivity contribution < 1.29 is 9.21 Å². The molecule has 0 aliphatic carbocycles. The maximum absolute atomic E-state index is 12.5. The molecular weight excluding hydrogens is 390 g/mol. The fraction of sp³-hybridized carbons (Fsp3) is 0.421. The van der Waals surface area contributed by atoms with Crippen molar-refractivity contribution in [1.29, 1.82) is 0 Å². The second-order valence-electron chi connectivity index (χ2n) is 7.00. The first-order chi connectivity index (χ1) is 14.1. The molecule has 0 bridgehead atoms. The highest BCUT2D eigenvalue weighted by Crippen LogP contribution is 2.24. The first-order valence-corrected chi connectivity index (χ1v) is 10.4. The van der Waals surface area contributed by atoms with Gasteiger partial charge in [0.05, 0.1) is 12.8 Å². The molecule has 4 heterocycles. The summed E-state index contributed by atoms with van der Waals surface area (Å²) >= 11 is 1.39. The predicted octanol–water partition coefficient (Wildman–Crippen LogP) is 3.01. The van der Waals surface area contributed by atoms with E-state index in [1.165, 1.54) is 11.3 Å². The van der Waals surface area contributed by atoms with Gasteiger partial charge in [-0.1, -0.05) is 11.3 Å². The molecule has 0 spiro atoms. The minimum absolute atomic E-state index is 0.00626. The molecule has 4 rings (SSSR count). The second-order valence-corrected chi connectivity index (χ2v) is 8.19. The highest BCUT2D eigenvalue weighted by molar-refractivity contribution is 7.15. The normalized spacial score (nSPS) is 14.8. The topological polar surface area (TPSA) is 109 Å². The summed E-state index contributed by atoms with van der Waals surface area (Å²) in [5, 5.41) is 15.4. The minimum Gasteiger partial charge on any atom is -0.467 e. The number of hydrogen-bond donors (Lipinski definition) is 2. The Bertz CT molecular complexity index is 965. The maximum atomic E-state index is 12.5. The molecular formula is C19H23N7O2S. The van der Waals surface area contributed by atoms with Crippen molar-refractivity contribution in [2.24, 2.45) is 5.92 Å². The van der Waals surface area contributed by atoms with Crippen LogP contribution in [0, 0.1) is 19.8 Å². The van der Waals surface area contributed by atoms with Gasteiger partial charge in [0.2, 0.25) is 17.0 Å². The lowest BCUT2D eigenvalue weighted by atomic mass is 9.96. The van der Waals surface area contributed by atoms with E-state index in [2.05, 4.69) is 35.7 Å². The third-order valence-electron chi connectivity index (χ3n) is 4.77. The van der Waals surface area contributed by atoms with E-state index < -0.39 is 0 Å². The number of piperidine rings is 1. The van der Waals surface area contributed by atoms with Gasteiger partial charge in [0.1, 0.15) is 16.6 Å². The summed E-state index contributed by atoms with van der Waals surface area (Å²) in [4.78, 5) is 23.8. The molecule has 0 aromatic carbocycles. The predicted molar refractivity (Wildman–Crippen MR) is 111 cm³/mol. The number of aryl methyl sites for hydroxylation is 2. The number of rotatable bonds is 6. The molecule has 3 aromatic rings. The summed E-state index contributed by atoms with van der Waals surface area (Å²) in [6, 6.07) is 5.69. The van der Waals surface area contributed by atoms with Crippen LogP contribution in [-0.4, -0.2) is 39.2 Å². The smallest absolute Gasteiger partial charge is 0.229 e. The SMILES string of the molecule is Cc1cc(NCc2ccco2)nc(N2CCC(C(=O)Nc3nnc(C)s3)CC2)n1. The van der Waals surface area contributed by atoms with E-state index in [0.717, 1.165) is 48.2 Å². The number of aromatic nitrogens is 4. The average Bonchev–Trinajstić information content (AvgIpc) is 3.38. The fourth-order valence-electron chi connectivity index (χ4n) is 3.27. The molecule has 10 heteroatoms. The van der Waals surface area contributed by atoms with Gasteiger partial charge in [0.25, 0.3) is 0 Å². The molecule has 1 aliphatic heterocycles. The zero-order valence-electron chi connectivity index (χ0n) is 16.4. The lowest BCUT2D eigenvalue weighted by molar-refractivity contribution is -0.120. The molecule has 29 heavy (non-hydrogen) atoms. The minimum atomic E-state index is -0.0446. The van der Waals surface area contributed by atoms with Gasteiger partial charge in [-0.15, -0.1) is 10.2 Å². The van der Waals surface area contributed by atoms with Crippen molar-refractivity contribution in [2.45, 2.75) is 33.2 Å². The van der Waals surface area contributed by atoms with Gasteiger partial charge in [-0.2, -0.15) is 4.98 Å². The van der Waals surface area contributed by atoms with Gasteiger partial charge in [0, 0.05) is 30.8 Å². The first-order valence-electron chi connectivity index (χ1n) is 9.54. The van der Waals surface area contributed by atoms with Crippen molar-refractivity contribution in [3.8, 4) is 0 Å². The van der Waals surface area contributed by atoms with Crippen molar-refractivity contribution in [3.63, 3.8) is 0 Å². The Labute approximate surface area is 172 Å². The molecule has 0 saturated carbocycles. The Balaban J connectivity index is 1.34. The van der Waals surface area contributed by atoms with Crippen LogP contribution in [0.1, 0.15) is 29.3 Å². The van der Waals surface area contributed by atoms with E-state index >= 15 is 0 Å². The van der Waals surface area contributed by atoms with Crippen LogP contribution in [-0.2, 0) is 11.3 Å². The third-order valence-corrected chi connectivity index (χ3v) is 5.53. The summed E-state index contributed by atoms with van der Waals surface area (Å²) < 4.78 is 5.35. The van der Waals surface area contributed by atoms with Crippen LogP contribution in [0.5, 0.6) is 0 Å². The number of carbonyl (C=O) groups is 1.